The summed E-state index contributed by atoms with van der Waals surface area (Å²) in [6.45, 7) is 3.89. The average molecular weight is 445 g/mol. The molecular formula is C22H24N2O6S. The molecule has 2 heterocycles. The molecular weight excluding hydrogens is 420 g/mol. The molecule has 0 bridgehead atoms. The third-order valence-electron chi connectivity index (χ3n) is 5.45. The van der Waals surface area contributed by atoms with Crippen molar-refractivity contribution < 1.29 is 27.5 Å². The van der Waals surface area contributed by atoms with E-state index in [4.69, 9.17) is 9.47 Å². The van der Waals surface area contributed by atoms with Crippen molar-refractivity contribution in [2.45, 2.75) is 44.0 Å². The van der Waals surface area contributed by atoms with Crippen molar-refractivity contribution in [2.24, 2.45) is 0 Å². The summed E-state index contributed by atoms with van der Waals surface area (Å²) in [5.41, 5.74) is 2.11. The summed E-state index contributed by atoms with van der Waals surface area (Å²) in [4.78, 5) is 26.4. The lowest BCUT2D eigenvalue weighted by atomic mass is 10.1. The van der Waals surface area contributed by atoms with Gasteiger partial charge in [0.15, 0.2) is 21.3 Å². The zero-order valence-corrected chi connectivity index (χ0v) is 18.2. The van der Waals surface area contributed by atoms with E-state index in [1.165, 1.54) is 6.07 Å². The summed E-state index contributed by atoms with van der Waals surface area (Å²) in [5, 5.41) is 2.68. The fraction of sp³-hybridized carbons (Fsp3) is 0.364. The van der Waals surface area contributed by atoms with Crippen molar-refractivity contribution in [3.8, 4) is 11.5 Å². The van der Waals surface area contributed by atoms with Crippen LogP contribution in [-0.4, -0.2) is 38.8 Å². The van der Waals surface area contributed by atoms with E-state index in [-0.39, 0.29) is 35.8 Å². The van der Waals surface area contributed by atoms with Crippen LogP contribution in [-0.2, 0) is 25.8 Å². The second-order valence-electron chi connectivity index (χ2n) is 7.65. The van der Waals surface area contributed by atoms with Crippen LogP contribution in [0.5, 0.6) is 11.5 Å². The van der Waals surface area contributed by atoms with E-state index in [0.29, 0.717) is 30.0 Å². The minimum atomic E-state index is -3.65. The predicted molar refractivity (Wildman–Crippen MR) is 115 cm³/mol. The van der Waals surface area contributed by atoms with Gasteiger partial charge in [0, 0.05) is 36.3 Å². The third-order valence-corrected chi connectivity index (χ3v) is 7.16. The zero-order valence-electron chi connectivity index (χ0n) is 17.4. The number of nitrogens with zero attached hydrogens (tertiary/aromatic N) is 1. The Labute approximate surface area is 181 Å². The highest BCUT2D eigenvalue weighted by Crippen LogP contribution is 2.35. The van der Waals surface area contributed by atoms with Crippen LogP contribution in [0.4, 0.5) is 11.4 Å². The van der Waals surface area contributed by atoms with Gasteiger partial charge in [-0.2, -0.15) is 0 Å². The van der Waals surface area contributed by atoms with Gasteiger partial charge in [-0.05, 0) is 49.2 Å². The molecule has 0 fully saturated rings. The number of carbonyl (C=O) groups is 2. The average Bonchev–Trinajstić information content (AvgIpc) is 3.34. The lowest BCUT2D eigenvalue weighted by molar-refractivity contribution is -0.118. The molecule has 9 heteroatoms. The van der Waals surface area contributed by atoms with Gasteiger partial charge in [-0.15, -0.1) is 0 Å². The zero-order chi connectivity index (χ0) is 22.2. The van der Waals surface area contributed by atoms with Gasteiger partial charge in [0.05, 0.1) is 10.6 Å². The molecule has 2 amide bonds. The van der Waals surface area contributed by atoms with Gasteiger partial charge in [0.1, 0.15) is 0 Å². The van der Waals surface area contributed by atoms with Crippen LogP contribution in [0.3, 0.4) is 0 Å². The molecule has 31 heavy (non-hydrogen) atoms. The Bertz CT molecular complexity index is 1140. The second kappa shape index (κ2) is 8.22. The summed E-state index contributed by atoms with van der Waals surface area (Å²) in [6.07, 6.45) is 0.821. The van der Waals surface area contributed by atoms with E-state index in [1.54, 1.807) is 42.2 Å². The van der Waals surface area contributed by atoms with Crippen molar-refractivity contribution in [1.82, 2.24) is 0 Å². The molecule has 0 saturated heterocycles. The predicted octanol–water partition coefficient (Wildman–Crippen LogP) is 2.91. The third kappa shape index (κ3) is 4.23. The van der Waals surface area contributed by atoms with Gasteiger partial charge in [-0.25, -0.2) is 8.42 Å². The SMILES string of the molecule is CCC(=O)N1c2ccc(S(=O)(=O)CCC(=O)Nc3ccc4c(c3)OCO4)cc2C[C@@H]1C. The summed E-state index contributed by atoms with van der Waals surface area (Å²) >= 11 is 0. The normalized spacial score (nSPS) is 16.8. The summed E-state index contributed by atoms with van der Waals surface area (Å²) in [7, 11) is -3.65. The van der Waals surface area contributed by atoms with E-state index in [9.17, 15) is 18.0 Å². The number of sulfone groups is 1. The number of nitrogens with one attached hydrogen (secondary N) is 1. The summed E-state index contributed by atoms with van der Waals surface area (Å²) in [6, 6.07) is 9.81. The van der Waals surface area contributed by atoms with Crippen molar-refractivity contribution >= 4 is 33.0 Å². The molecule has 0 spiro atoms. The van der Waals surface area contributed by atoms with Gasteiger partial charge in [-0.3, -0.25) is 9.59 Å². The van der Waals surface area contributed by atoms with Crippen molar-refractivity contribution in [3.05, 3.63) is 42.0 Å². The van der Waals surface area contributed by atoms with Gasteiger partial charge in [0.25, 0.3) is 0 Å². The molecule has 1 atom stereocenters. The van der Waals surface area contributed by atoms with Gasteiger partial charge < -0.3 is 19.7 Å². The summed E-state index contributed by atoms with van der Waals surface area (Å²) < 4.78 is 36.1. The highest BCUT2D eigenvalue weighted by atomic mass is 32.2. The molecule has 1 N–H and O–H groups in total. The van der Waals surface area contributed by atoms with Gasteiger partial charge in [-0.1, -0.05) is 6.92 Å². The van der Waals surface area contributed by atoms with Gasteiger partial charge >= 0.3 is 0 Å². The highest BCUT2D eigenvalue weighted by molar-refractivity contribution is 7.91. The van der Waals surface area contributed by atoms with Crippen LogP contribution in [0, 0.1) is 0 Å². The number of amides is 2. The standard InChI is InChI=1S/C22H24N2O6S/c1-3-22(26)24-14(2)10-15-11-17(5-6-18(15)24)31(27,28)9-8-21(25)23-16-4-7-19-20(12-16)30-13-29-19/h4-7,11-12,14H,3,8-10,13H2,1-2H3,(H,23,25)/t14-/m0/s1. The Morgan fingerprint density at radius 3 is 2.68 bits per heavy atom. The maximum Gasteiger partial charge on any atom is 0.231 e. The quantitative estimate of drug-likeness (QED) is 0.735. The molecule has 2 aliphatic rings. The van der Waals surface area contributed by atoms with Crippen molar-refractivity contribution in [2.75, 3.05) is 22.8 Å². The van der Waals surface area contributed by atoms with Crippen LogP contribution < -0.4 is 19.7 Å². The number of benzene rings is 2. The molecule has 2 aliphatic heterocycles. The molecule has 0 aliphatic carbocycles. The van der Waals surface area contributed by atoms with Crippen molar-refractivity contribution in [1.29, 1.82) is 0 Å². The smallest absolute Gasteiger partial charge is 0.231 e. The topological polar surface area (TPSA) is 102 Å². The molecule has 0 unspecified atom stereocenters. The Balaban J connectivity index is 1.42. The largest absolute Gasteiger partial charge is 0.454 e. The number of fused-ring (bicyclic) bond motifs is 2. The lowest BCUT2D eigenvalue weighted by Gasteiger charge is -2.22. The van der Waals surface area contributed by atoms with Gasteiger partial charge in [0.2, 0.25) is 18.6 Å². The first kappa shape index (κ1) is 21.2. The highest BCUT2D eigenvalue weighted by Gasteiger charge is 2.31. The number of rotatable bonds is 6. The van der Waals surface area contributed by atoms with Crippen molar-refractivity contribution in [3.63, 3.8) is 0 Å². The molecule has 2 aromatic carbocycles. The minimum Gasteiger partial charge on any atom is -0.454 e. The van der Waals surface area contributed by atoms with E-state index in [1.807, 2.05) is 6.92 Å². The number of ether oxygens (including phenoxy) is 2. The van der Waals surface area contributed by atoms with E-state index >= 15 is 0 Å². The first-order chi connectivity index (χ1) is 14.8. The fourth-order valence-electron chi connectivity index (χ4n) is 3.89. The Hall–Kier alpha value is -3.07. The van der Waals surface area contributed by atoms with E-state index < -0.39 is 15.7 Å². The molecule has 4 rings (SSSR count). The molecule has 0 saturated carbocycles. The van der Waals surface area contributed by atoms with E-state index in [2.05, 4.69) is 5.32 Å². The van der Waals surface area contributed by atoms with Crippen LogP contribution in [0.2, 0.25) is 0 Å². The minimum absolute atomic E-state index is 0.00659. The Morgan fingerprint density at radius 2 is 1.90 bits per heavy atom. The maximum absolute atomic E-state index is 12.8. The first-order valence-electron chi connectivity index (χ1n) is 10.2. The second-order valence-corrected chi connectivity index (χ2v) is 9.76. The number of hydrogen-bond acceptors (Lipinski definition) is 6. The number of anilines is 2. The molecule has 2 aromatic rings. The molecule has 0 aromatic heterocycles. The Kier molecular flexibility index (Phi) is 5.62. The maximum atomic E-state index is 12.8. The lowest BCUT2D eigenvalue weighted by Crippen LogP contribution is -2.35. The molecule has 0 radical (unpaired) electrons. The number of carbonyl (C=O) groups excluding carboxylic acids is 2. The Morgan fingerprint density at radius 1 is 1.13 bits per heavy atom. The number of hydrogen-bond donors (Lipinski definition) is 1. The first-order valence-corrected chi connectivity index (χ1v) is 11.8. The van der Waals surface area contributed by atoms with Crippen LogP contribution in [0.15, 0.2) is 41.3 Å². The monoisotopic (exact) mass is 444 g/mol. The van der Waals surface area contributed by atoms with Crippen LogP contribution >= 0.6 is 0 Å². The fourth-order valence-corrected chi connectivity index (χ4v) is 5.18. The van der Waals surface area contributed by atoms with E-state index in [0.717, 1.165) is 11.3 Å². The van der Waals surface area contributed by atoms with Crippen LogP contribution in [0.1, 0.15) is 32.3 Å². The van der Waals surface area contributed by atoms with Crippen LogP contribution in [0.25, 0.3) is 0 Å². The summed E-state index contributed by atoms with van der Waals surface area (Å²) in [5.74, 6) is 0.438. The molecule has 8 nitrogen and oxygen atoms in total. The molecule has 164 valence electrons.